The molecule has 122 valence electrons. The maximum Gasteiger partial charge on any atom is 0.279 e. The maximum absolute atomic E-state index is 12.5. The number of nitrogens with two attached hydrogens (primary N) is 1. The van der Waals surface area contributed by atoms with Crippen LogP contribution in [0.4, 0.5) is 5.69 Å². The molecule has 3 rings (SSSR count). The van der Waals surface area contributed by atoms with Gasteiger partial charge in [0, 0.05) is 0 Å². The van der Waals surface area contributed by atoms with E-state index in [0.29, 0.717) is 0 Å². The van der Waals surface area contributed by atoms with Crippen LogP contribution in [0.1, 0.15) is 0 Å². The van der Waals surface area contributed by atoms with Crippen molar-refractivity contribution in [3.63, 3.8) is 0 Å². The molecule has 0 aromatic heterocycles. The topological polar surface area (TPSA) is 132 Å². The van der Waals surface area contributed by atoms with Crippen molar-refractivity contribution in [3.05, 3.63) is 48.5 Å². The van der Waals surface area contributed by atoms with Crippen LogP contribution in [0.2, 0.25) is 0 Å². The van der Waals surface area contributed by atoms with E-state index in [2.05, 4.69) is 0 Å². The summed E-state index contributed by atoms with van der Waals surface area (Å²) in [6.45, 7) is 0. The average molecular weight is 374 g/mol. The number of sulfonamides is 3. The third kappa shape index (κ3) is 2.32. The molecule has 2 aromatic rings. The van der Waals surface area contributed by atoms with Gasteiger partial charge in [0.15, 0.2) is 0 Å². The number of fused-ring (bicyclic) bond motifs is 1. The molecule has 23 heavy (non-hydrogen) atoms. The van der Waals surface area contributed by atoms with E-state index in [1.165, 1.54) is 36.4 Å². The molecule has 1 aliphatic heterocycles. The van der Waals surface area contributed by atoms with Crippen molar-refractivity contribution in [1.82, 2.24) is 0 Å². The molecule has 0 aliphatic carbocycles. The number of anilines is 1. The van der Waals surface area contributed by atoms with Gasteiger partial charge in [-0.05, 0) is 30.3 Å². The van der Waals surface area contributed by atoms with Crippen LogP contribution in [0.15, 0.2) is 63.2 Å². The smallest absolute Gasteiger partial charge is 0.225 e. The van der Waals surface area contributed by atoms with Crippen molar-refractivity contribution in [2.45, 2.75) is 14.7 Å². The second-order valence-electron chi connectivity index (χ2n) is 4.70. The fraction of sp³-hybridized carbons (Fsp3) is 0. The minimum atomic E-state index is -4.36. The molecule has 0 unspecified atom stereocenters. The molecule has 11 heteroatoms. The normalized spacial score (nSPS) is 18.6. The van der Waals surface area contributed by atoms with Gasteiger partial charge in [0.05, 0.1) is 10.6 Å². The number of hydrogen-bond acceptors (Lipinski definition) is 6. The van der Waals surface area contributed by atoms with Crippen LogP contribution < -0.4 is 8.85 Å². The quantitative estimate of drug-likeness (QED) is 0.800. The van der Waals surface area contributed by atoms with Gasteiger partial charge in [0.25, 0.3) is 20.0 Å². The highest BCUT2D eigenvalue weighted by atomic mass is 32.3. The first-order chi connectivity index (χ1) is 10.6. The van der Waals surface area contributed by atoms with Gasteiger partial charge in [-0.3, -0.25) is 0 Å². The number of hydrogen-bond donors (Lipinski definition) is 1. The van der Waals surface area contributed by atoms with Gasteiger partial charge in [0.1, 0.15) is 9.79 Å². The van der Waals surface area contributed by atoms with E-state index in [0.717, 1.165) is 12.1 Å². The van der Waals surface area contributed by atoms with Crippen LogP contribution in [0.3, 0.4) is 0 Å². The van der Waals surface area contributed by atoms with E-state index in [4.69, 9.17) is 5.14 Å². The minimum Gasteiger partial charge on any atom is -0.225 e. The van der Waals surface area contributed by atoms with E-state index >= 15 is 0 Å². The number of benzene rings is 2. The van der Waals surface area contributed by atoms with Gasteiger partial charge in [-0.15, -0.1) is 0 Å². The molecule has 0 radical (unpaired) electrons. The summed E-state index contributed by atoms with van der Waals surface area (Å²) in [6.07, 6.45) is 0. The van der Waals surface area contributed by atoms with E-state index < -0.39 is 35.0 Å². The van der Waals surface area contributed by atoms with Gasteiger partial charge in [0.2, 0.25) is 10.0 Å². The molecular weight excluding hydrogens is 364 g/mol. The number of primary sulfonamides is 1. The summed E-state index contributed by atoms with van der Waals surface area (Å²) in [5, 5.41) is 5.00. The molecule has 0 saturated carbocycles. The largest absolute Gasteiger partial charge is 0.279 e. The van der Waals surface area contributed by atoms with Gasteiger partial charge in [-0.1, -0.05) is 18.2 Å². The first-order valence-corrected chi connectivity index (χ1v) is 10.5. The maximum atomic E-state index is 12.5. The molecule has 2 N–H and O–H groups in total. The molecule has 0 amide bonds. The summed E-state index contributed by atoms with van der Waals surface area (Å²) in [5.74, 6) is 0. The third-order valence-corrected chi connectivity index (χ3v) is 8.53. The van der Waals surface area contributed by atoms with Crippen molar-refractivity contribution in [3.8, 4) is 0 Å². The second-order valence-corrected chi connectivity index (χ2v) is 10.00. The van der Waals surface area contributed by atoms with E-state index in [1.54, 1.807) is 0 Å². The highest BCUT2D eigenvalue weighted by Crippen LogP contribution is 2.40. The van der Waals surface area contributed by atoms with Crippen LogP contribution >= 0.6 is 0 Å². The Bertz CT molecular complexity index is 1070. The van der Waals surface area contributed by atoms with Crippen LogP contribution in [0, 0.1) is 0 Å². The van der Waals surface area contributed by atoms with E-state index in [9.17, 15) is 25.3 Å². The standard InChI is InChI=1S/C12H10N2O6S3/c13-21(15,16)10-5-3-4-9(8-10)14-22(17,18)11-6-1-2-7-12(11)23(14,19)20/h1-8H,(H2,13,15,16). The Labute approximate surface area is 133 Å². The average Bonchev–Trinajstić information content (AvgIpc) is 2.62. The predicted octanol–water partition coefficient (Wildman–Crippen LogP) is 0.232. The van der Waals surface area contributed by atoms with Crippen molar-refractivity contribution < 1.29 is 25.3 Å². The lowest BCUT2D eigenvalue weighted by molar-refractivity contribution is 0.591. The molecule has 0 spiro atoms. The highest BCUT2D eigenvalue weighted by molar-refractivity contribution is 8.12. The molecule has 0 fully saturated rings. The Morgan fingerprint density at radius 2 is 1.35 bits per heavy atom. The second kappa shape index (κ2) is 4.77. The van der Waals surface area contributed by atoms with Gasteiger partial charge in [-0.25, -0.2) is 13.6 Å². The van der Waals surface area contributed by atoms with Crippen molar-refractivity contribution >= 4 is 35.8 Å². The van der Waals surface area contributed by atoms with Crippen LogP contribution in [0.5, 0.6) is 0 Å². The Kier molecular flexibility index (Phi) is 3.30. The lowest BCUT2D eigenvalue weighted by Gasteiger charge is -2.16. The van der Waals surface area contributed by atoms with Crippen molar-refractivity contribution in [2.24, 2.45) is 5.14 Å². The first kappa shape index (κ1) is 15.9. The number of rotatable bonds is 2. The highest BCUT2D eigenvalue weighted by Gasteiger charge is 2.47. The monoisotopic (exact) mass is 374 g/mol. The molecule has 8 nitrogen and oxygen atoms in total. The lowest BCUT2D eigenvalue weighted by Crippen LogP contribution is -2.30. The van der Waals surface area contributed by atoms with Gasteiger partial charge >= 0.3 is 0 Å². The van der Waals surface area contributed by atoms with E-state index in [1.807, 2.05) is 0 Å². The fourth-order valence-electron chi connectivity index (χ4n) is 2.24. The zero-order valence-corrected chi connectivity index (χ0v) is 13.8. The summed E-state index contributed by atoms with van der Waals surface area (Å²) in [7, 11) is -12.8. The summed E-state index contributed by atoms with van der Waals surface area (Å²) >= 11 is 0. The zero-order valence-electron chi connectivity index (χ0n) is 11.3. The van der Waals surface area contributed by atoms with Crippen LogP contribution in [-0.4, -0.2) is 25.3 Å². The summed E-state index contributed by atoms with van der Waals surface area (Å²) in [4.78, 5) is -1.11. The fourth-order valence-corrected chi connectivity index (χ4v) is 7.22. The number of nitrogens with zero attached hydrogens (tertiary/aromatic N) is 1. The molecule has 1 heterocycles. The SMILES string of the molecule is NS(=O)(=O)c1cccc(N2S(=O)(=O)c3ccccc3S2(=O)=O)c1. The van der Waals surface area contributed by atoms with Crippen molar-refractivity contribution in [2.75, 3.05) is 3.71 Å². The van der Waals surface area contributed by atoms with Gasteiger partial charge < -0.3 is 0 Å². The predicted molar refractivity (Wildman–Crippen MR) is 81.1 cm³/mol. The summed E-state index contributed by atoms with van der Waals surface area (Å²) in [5.41, 5.74) is -0.326. The van der Waals surface area contributed by atoms with Crippen molar-refractivity contribution in [1.29, 1.82) is 0 Å². The Balaban J connectivity index is 2.31. The Morgan fingerprint density at radius 3 is 1.83 bits per heavy atom. The van der Waals surface area contributed by atoms with Crippen LogP contribution in [-0.2, 0) is 30.1 Å². The molecule has 2 aromatic carbocycles. The van der Waals surface area contributed by atoms with Gasteiger partial charge in [-0.2, -0.15) is 20.5 Å². The molecule has 0 bridgehead atoms. The zero-order chi connectivity index (χ0) is 17.0. The molecular formula is C12H10N2O6S3. The summed E-state index contributed by atoms with van der Waals surface area (Å²) < 4.78 is 73.1. The molecule has 0 saturated heterocycles. The third-order valence-electron chi connectivity index (χ3n) is 3.20. The lowest BCUT2D eigenvalue weighted by atomic mass is 10.3. The molecule has 0 atom stereocenters. The Hall–Kier alpha value is -1.95. The minimum absolute atomic E-state index is 0.208. The first-order valence-electron chi connectivity index (χ1n) is 6.09. The van der Waals surface area contributed by atoms with E-state index in [-0.39, 0.29) is 19.2 Å². The summed E-state index contributed by atoms with van der Waals surface area (Å²) in [6, 6.07) is 9.57. The molecule has 1 aliphatic rings. The van der Waals surface area contributed by atoms with Crippen LogP contribution in [0.25, 0.3) is 0 Å². The Morgan fingerprint density at radius 1 is 0.826 bits per heavy atom.